The van der Waals surface area contributed by atoms with E-state index in [1.807, 2.05) is 0 Å². The van der Waals surface area contributed by atoms with E-state index in [0.29, 0.717) is 0 Å². The summed E-state index contributed by atoms with van der Waals surface area (Å²) in [4.78, 5) is 0. The van der Waals surface area contributed by atoms with E-state index in [9.17, 15) is 0 Å². The lowest BCUT2D eigenvalue weighted by atomic mass is 9.75. The molecular formula is C18H20O. The van der Waals surface area contributed by atoms with Gasteiger partial charge in [0, 0.05) is 12.5 Å². The Labute approximate surface area is 115 Å². The molecule has 0 aromatic heterocycles. The number of fused-ring (bicyclic) bond motifs is 3. The van der Waals surface area contributed by atoms with Crippen molar-refractivity contribution < 1.29 is 4.74 Å². The molecule has 0 fully saturated rings. The van der Waals surface area contributed by atoms with Crippen LogP contribution in [-0.2, 0) is 10.2 Å². The van der Waals surface area contributed by atoms with Crippen molar-refractivity contribution in [2.24, 2.45) is 0 Å². The van der Waals surface area contributed by atoms with Gasteiger partial charge < -0.3 is 4.74 Å². The molecule has 0 radical (unpaired) electrons. The van der Waals surface area contributed by atoms with Crippen molar-refractivity contribution in [3.63, 3.8) is 0 Å². The van der Waals surface area contributed by atoms with Gasteiger partial charge in [-0.05, 0) is 28.7 Å². The molecule has 2 aromatic carbocycles. The van der Waals surface area contributed by atoms with Gasteiger partial charge in [0.05, 0.1) is 6.61 Å². The van der Waals surface area contributed by atoms with Crippen molar-refractivity contribution in [2.45, 2.75) is 25.2 Å². The van der Waals surface area contributed by atoms with Crippen LogP contribution in [0.4, 0.5) is 0 Å². The number of benzene rings is 2. The van der Waals surface area contributed by atoms with Crippen LogP contribution in [0.2, 0.25) is 0 Å². The van der Waals surface area contributed by atoms with Crippen LogP contribution in [0.3, 0.4) is 0 Å². The number of hydrogen-bond donors (Lipinski definition) is 0. The summed E-state index contributed by atoms with van der Waals surface area (Å²) in [6.07, 6.45) is 2.29. The third kappa shape index (κ3) is 1.73. The fourth-order valence-corrected chi connectivity index (χ4v) is 3.59. The minimum absolute atomic E-state index is 0.0384. The third-order valence-corrected chi connectivity index (χ3v) is 4.24. The van der Waals surface area contributed by atoms with Gasteiger partial charge in [0.25, 0.3) is 0 Å². The molecule has 0 spiro atoms. The molecule has 0 N–H and O–H groups in total. The average Bonchev–Trinajstić information content (AvgIpc) is 2.72. The van der Waals surface area contributed by atoms with Gasteiger partial charge in [0.15, 0.2) is 0 Å². The fraction of sp³-hybridized carbons (Fsp3) is 0.333. The second-order valence-electron chi connectivity index (χ2n) is 5.36. The van der Waals surface area contributed by atoms with Gasteiger partial charge in [-0.2, -0.15) is 0 Å². The lowest BCUT2D eigenvalue weighted by Crippen LogP contribution is -2.30. The molecule has 0 unspecified atom stereocenters. The van der Waals surface area contributed by atoms with Crippen molar-refractivity contribution in [1.29, 1.82) is 0 Å². The quantitative estimate of drug-likeness (QED) is 0.783. The molecule has 98 valence electrons. The van der Waals surface area contributed by atoms with Gasteiger partial charge in [-0.15, -0.1) is 0 Å². The zero-order valence-corrected chi connectivity index (χ0v) is 11.6. The van der Waals surface area contributed by atoms with Crippen molar-refractivity contribution in [3.8, 4) is 11.1 Å². The summed E-state index contributed by atoms with van der Waals surface area (Å²) in [6.45, 7) is 3.01. The number of methoxy groups -OCH3 is 1. The Balaban J connectivity index is 2.28. The predicted octanol–water partition coefficient (Wildman–Crippen LogP) is 4.40. The lowest BCUT2D eigenvalue weighted by Gasteiger charge is -2.31. The molecule has 0 saturated heterocycles. The van der Waals surface area contributed by atoms with E-state index in [4.69, 9.17) is 4.74 Å². The first-order chi connectivity index (χ1) is 9.33. The van der Waals surface area contributed by atoms with Crippen molar-refractivity contribution in [3.05, 3.63) is 59.7 Å². The molecule has 1 heteroatoms. The first-order valence-electron chi connectivity index (χ1n) is 7.02. The highest BCUT2D eigenvalue weighted by Crippen LogP contribution is 2.51. The van der Waals surface area contributed by atoms with Crippen molar-refractivity contribution in [2.75, 3.05) is 13.7 Å². The molecule has 0 amide bonds. The fourth-order valence-electron chi connectivity index (χ4n) is 3.59. The largest absolute Gasteiger partial charge is 0.383 e. The molecule has 0 saturated carbocycles. The van der Waals surface area contributed by atoms with E-state index in [2.05, 4.69) is 55.5 Å². The van der Waals surface area contributed by atoms with E-state index < -0.39 is 0 Å². The van der Waals surface area contributed by atoms with Gasteiger partial charge in [-0.1, -0.05) is 61.9 Å². The molecule has 3 rings (SSSR count). The molecule has 1 nitrogen and oxygen atoms in total. The van der Waals surface area contributed by atoms with E-state index >= 15 is 0 Å². The summed E-state index contributed by atoms with van der Waals surface area (Å²) < 4.78 is 5.60. The van der Waals surface area contributed by atoms with Crippen molar-refractivity contribution in [1.82, 2.24) is 0 Å². The summed E-state index contributed by atoms with van der Waals surface area (Å²) in [6, 6.07) is 17.6. The maximum Gasteiger partial charge on any atom is 0.0600 e. The van der Waals surface area contributed by atoms with Gasteiger partial charge in [-0.3, -0.25) is 0 Å². The zero-order chi connectivity index (χ0) is 13.3. The molecule has 1 aliphatic rings. The molecule has 19 heavy (non-hydrogen) atoms. The molecule has 1 aliphatic carbocycles. The summed E-state index contributed by atoms with van der Waals surface area (Å²) in [5.41, 5.74) is 5.66. The molecule has 0 atom stereocenters. The highest BCUT2D eigenvalue weighted by molar-refractivity contribution is 5.81. The summed E-state index contributed by atoms with van der Waals surface area (Å²) in [5, 5.41) is 0. The van der Waals surface area contributed by atoms with Crippen LogP contribution in [0.25, 0.3) is 11.1 Å². The molecule has 2 aromatic rings. The van der Waals surface area contributed by atoms with Crippen LogP contribution in [0, 0.1) is 0 Å². The van der Waals surface area contributed by atoms with Crippen LogP contribution in [0.1, 0.15) is 30.9 Å². The van der Waals surface area contributed by atoms with Gasteiger partial charge in [0.2, 0.25) is 0 Å². The molecule has 0 bridgehead atoms. The monoisotopic (exact) mass is 252 g/mol. The maximum atomic E-state index is 5.60. The Morgan fingerprint density at radius 2 is 1.42 bits per heavy atom. The second kappa shape index (κ2) is 4.82. The number of rotatable bonds is 4. The smallest absolute Gasteiger partial charge is 0.0600 e. The minimum atomic E-state index is 0.0384. The van der Waals surface area contributed by atoms with Crippen LogP contribution in [-0.4, -0.2) is 13.7 Å². The molecule has 0 heterocycles. The SMILES string of the molecule is CCCC1(COC)c2ccccc2-c2ccccc21. The summed E-state index contributed by atoms with van der Waals surface area (Å²) in [5.74, 6) is 0. The maximum absolute atomic E-state index is 5.60. The van der Waals surface area contributed by atoms with E-state index in [0.717, 1.165) is 19.4 Å². The molecular weight excluding hydrogens is 232 g/mol. The standard InChI is InChI=1S/C18H20O/c1-3-12-18(13-19-2)16-10-6-4-8-14(16)15-9-5-7-11-17(15)18/h4-11H,3,12-13H2,1-2H3. The van der Waals surface area contributed by atoms with E-state index in [1.54, 1.807) is 7.11 Å². The first kappa shape index (κ1) is 12.4. The summed E-state index contributed by atoms with van der Waals surface area (Å²) >= 11 is 0. The highest BCUT2D eigenvalue weighted by Gasteiger charge is 2.42. The summed E-state index contributed by atoms with van der Waals surface area (Å²) in [7, 11) is 1.81. The Morgan fingerprint density at radius 1 is 0.895 bits per heavy atom. The predicted molar refractivity (Wildman–Crippen MR) is 79.4 cm³/mol. The van der Waals surface area contributed by atoms with Crippen LogP contribution in [0.5, 0.6) is 0 Å². The molecule has 0 aliphatic heterocycles. The number of ether oxygens (including phenoxy) is 1. The van der Waals surface area contributed by atoms with Crippen LogP contribution < -0.4 is 0 Å². The minimum Gasteiger partial charge on any atom is -0.383 e. The lowest BCUT2D eigenvalue weighted by molar-refractivity contribution is 0.144. The normalized spacial score (nSPS) is 15.1. The first-order valence-corrected chi connectivity index (χ1v) is 7.02. The Kier molecular flexibility index (Phi) is 3.16. The average molecular weight is 252 g/mol. The number of hydrogen-bond acceptors (Lipinski definition) is 1. The van der Waals surface area contributed by atoms with Crippen molar-refractivity contribution >= 4 is 0 Å². The second-order valence-corrected chi connectivity index (χ2v) is 5.36. The highest BCUT2D eigenvalue weighted by atomic mass is 16.5. The Hall–Kier alpha value is -1.60. The topological polar surface area (TPSA) is 9.23 Å². The van der Waals surface area contributed by atoms with Gasteiger partial charge in [0.1, 0.15) is 0 Å². The van der Waals surface area contributed by atoms with Crippen LogP contribution >= 0.6 is 0 Å². The van der Waals surface area contributed by atoms with Gasteiger partial charge >= 0.3 is 0 Å². The zero-order valence-electron chi connectivity index (χ0n) is 11.6. The van der Waals surface area contributed by atoms with Crippen LogP contribution in [0.15, 0.2) is 48.5 Å². The van der Waals surface area contributed by atoms with E-state index in [1.165, 1.54) is 22.3 Å². The van der Waals surface area contributed by atoms with E-state index in [-0.39, 0.29) is 5.41 Å². The Bertz CT molecular complexity index is 532. The Morgan fingerprint density at radius 3 is 1.89 bits per heavy atom. The third-order valence-electron chi connectivity index (χ3n) is 4.24. The van der Waals surface area contributed by atoms with Gasteiger partial charge in [-0.25, -0.2) is 0 Å².